The molecule has 0 saturated heterocycles. The number of hydrogen-bond donors (Lipinski definition) is 3. The van der Waals surface area contributed by atoms with E-state index in [1.165, 1.54) is 6.07 Å². The number of nitrogens with zero attached hydrogens (tertiary/aromatic N) is 1. The number of anilines is 1. The lowest BCUT2D eigenvalue weighted by Gasteiger charge is -2.18. The summed E-state index contributed by atoms with van der Waals surface area (Å²) in [4.78, 5) is 12.3. The maximum Gasteiger partial charge on any atom is 0.287 e. The third-order valence-corrected chi connectivity index (χ3v) is 5.79. The molecule has 26 heavy (non-hydrogen) atoms. The van der Waals surface area contributed by atoms with Gasteiger partial charge in [0.25, 0.3) is 15.9 Å². The predicted octanol–water partition coefficient (Wildman–Crippen LogP) is 1.66. The van der Waals surface area contributed by atoms with Gasteiger partial charge in [-0.15, -0.1) is 4.40 Å². The van der Waals surface area contributed by atoms with Crippen molar-refractivity contribution in [1.29, 1.82) is 0 Å². The summed E-state index contributed by atoms with van der Waals surface area (Å²) in [6, 6.07) is 12.2. The summed E-state index contributed by atoms with van der Waals surface area (Å²) in [5, 5.41) is 14.5. The first kappa shape index (κ1) is 18.8. The lowest BCUT2D eigenvalue weighted by Crippen LogP contribution is -2.39. The van der Waals surface area contributed by atoms with Gasteiger partial charge < -0.3 is 15.7 Å². The fourth-order valence-corrected chi connectivity index (χ4v) is 4.29. The van der Waals surface area contributed by atoms with Gasteiger partial charge in [0, 0.05) is 10.1 Å². The van der Waals surface area contributed by atoms with Gasteiger partial charge in [0.1, 0.15) is 4.90 Å². The van der Waals surface area contributed by atoms with Crippen LogP contribution in [0.4, 0.5) is 5.69 Å². The lowest BCUT2D eigenvalue weighted by atomic mass is 10.1. The van der Waals surface area contributed by atoms with Gasteiger partial charge >= 0.3 is 0 Å². The molecular formula is C17H16IN3O4S. The molecule has 2 aromatic rings. The molecule has 1 aliphatic rings. The number of fused-ring (bicyclic) bond motifs is 1. The molecule has 0 spiro atoms. The van der Waals surface area contributed by atoms with Crippen molar-refractivity contribution in [2.75, 3.05) is 11.9 Å². The van der Waals surface area contributed by atoms with Crippen molar-refractivity contribution in [2.45, 2.75) is 17.9 Å². The molecule has 9 heteroatoms. The first-order chi connectivity index (χ1) is 12.4. The Hall–Kier alpha value is -1.98. The van der Waals surface area contributed by atoms with Crippen LogP contribution in [-0.2, 0) is 27.8 Å². The molecular weight excluding hydrogens is 469 g/mol. The maximum absolute atomic E-state index is 12.3. The zero-order valence-electron chi connectivity index (χ0n) is 13.6. The van der Waals surface area contributed by atoms with Crippen molar-refractivity contribution in [3.05, 3.63) is 57.2 Å². The lowest BCUT2D eigenvalue weighted by molar-refractivity contribution is -0.114. The molecule has 3 N–H and O–H groups in total. The van der Waals surface area contributed by atoms with Crippen LogP contribution in [0.15, 0.2) is 51.8 Å². The number of benzene rings is 2. The molecule has 136 valence electrons. The summed E-state index contributed by atoms with van der Waals surface area (Å²) in [6.07, 6.45) is 0.576. The molecule has 1 amide bonds. The molecule has 1 heterocycles. The van der Waals surface area contributed by atoms with Crippen LogP contribution in [0.1, 0.15) is 11.1 Å². The average molecular weight is 485 g/mol. The Morgan fingerprint density at radius 3 is 2.54 bits per heavy atom. The van der Waals surface area contributed by atoms with Crippen molar-refractivity contribution in [1.82, 2.24) is 5.32 Å². The van der Waals surface area contributed by atoms with Gasteiger partial charge in [-0.25, -0.2) is 0 Å². The van der Waals surface area contributed by atoms with Gasteiger partial charge in [0.2, 0.25) is 5.84 Å². The minimum Gasteiger partial charge on any atom is -0.392 e. The molecule has 0 aromatic heterocycles. The summed E-state index contributed by atoms with van der Waals surface area (Å²) in [6.45, 7) is 0.315. The molecule has 0 radical (unpaired) electrons. The molecule has 0 saturated carbocycles. The molecule has 3 rings (SSSR count). The quantitative estimate of drug-likeness (QED) is 0.559. The number of nitrogens with one attached hydrogen (secondary N) is 2. The molecule has 2 aromatic carbocycles. The van der Waals surface area contributed by atoms with E-state index < -0.39 is 15.9 Å². The second kappa shape index (κ2) is 7.72. The largest absolute Gasteiger partial charge is 0.392 e. The van der Waals surface area contributed by atoms with Gasteiger partial charge in [0.05, 0.1) is 12.3 Å². The molecule has 7 nitrogen and oxygen atoms in total. The van der Waals surface area contributed by atoms with Gasteiger partial charge in [-0.3, -0.25) is 4.79 Å². The fourth-order valence-electron chi connectivity index (χ4n) is 2.45. The van der Waals surface area contributed by atoms with E-state index in [9.17, 15) is 13.2 Å². The summed E-state index contributed by atoms with van der Waals surface area (Å²) in [5.41, 5.74) is 2.15. The van der Waals surface area contributed by atoms with E-state index in [2.05, 4.69) is 15.0 Å². The van der Waals surface area contributed by atoms with Crippen LogP contribution in [0.2, 0.25) is 0 Å². The smallest absolute Gasteiger partial charge is 0.287 e. The highest BCUT2D eigenvalue weighted by Gasteiger charge is 2.28. The van der Waals surface area contributed by atoms with E-state index in [1.807, 2.05) is 46.9 Å². The predicted molar refractivity (Wildman–Crippen MR) is 106 cm³/mol. The Labute approximate surface area is 164 Å². The second-order valence-corrected chi connectivity index (χ2v) is 8.48. The van der Waals surface area contributed by atoms with Crippen molar-refractivity contribution < 1.29 is 18.3 Å². The van der Waals surface area contributed by atoms with E-state index >= 15 is 0 Å². The highest BCUT2D eigenvalue weighted by molar-refractivity contribution is 14.1. The monoisotopic (exact) mass is 485 g/mol. The topological polar surface area (TPSA) is 108 Å². The SMILES string of the molecule is O=C(NCCc1ccc(CO)cc1)C1=NS(=O)(=O)c2cc(I)ccc2N1. The van der Waals surface area contributed by atoms with Gasteiger partial charge in [-0.2, -0.15) is 8.42 Å². The second-order valence-electron chi connectivity index (χ2n) is 5.66. The Kier molecular flexibility index (Phi) is 5.58. The van der Waals surface area contributed by atoms with Gasteiger partial charge in [-0.1, -0.05) is 24.3 Å². The first-order valence-corrected chi connectivity index (χ1v) is 10.3. The van der Waals surface area contributed by atoms with E-state index in [4.69, 9.17) is 5.11 Å². The van der Waals surface area contributed by atoms with E-state index in [0.717, 1.165) is 14.7 Å². The zero-order chi connectivity index (χ0) is 18.7. The van der Waals surface area contributed by atoms with Crippen LogP contribution >= 0.6 is 22.6 Å². The summed E-state index contributed by atoms with van der Waals surface area (Å²) in [5.74, 6) is -0.820. The number of sulfonamides is 1. The van der Waals surface area contributed by atoms with Crippen LogP contribution in [-0.4, -0.2) is 31.8 Å². The average Bonchev–Trinajstić information content (AvgIpc) is 2.62. The third-order valence-electron chi connectivity index (χ3n) is 3.81. The molecule has 0 fully saturated rings. The first-order valence-electron chi connectivity index (χ1n) is 7.77. The minimum atomic E-state index is -3.91. The molecule has 0 atom stereocenters. The number of amidine groups is 1. The summed E-state index contributed by atoms with van der Waals surface area (Å²) < 4.78 is 28.9. The molecule has 0 bridgehead atoms. The third kappa shape index (κ3) is 4.22. The number of rotatable bonds is 5. The number of amides is 1. The summed E-state index contributed by atoms with van der Waals surface area (Å²) >= 11 is 2.02. The highest BCUT2D eigenvalue weighted by atomic mass is 127. The summed E-state index contributed by atoms with van der Waals surface area (Å²) in [7, 11) is -3.91. The van der Waals surface area contributed by atoms with Crippen LogP contribution in [0.3, 0.4) is 0 Å². The van der Waals surface area contributed by atoms with Crippen LogP contribution in [0.5, 0.6) is 0 Å². The van der Waals surface area contributed by atoms with Crippen molar-refractivity contribution in [3.8, 4) is 0 Å². The number of halogens is 1. The number of aliphatic hydroxyl groups is 1. The Morgan fingerprint density at radius 1 is 1.15 bits per heavy atom. The maximum atomic E-state index is 12.3. The van der Waals surface area contributed by atoms with E-state index in [1.54, 1.807) is 12.1 Å². The van der Waals surface area contributed by atoms with E-state index in [0.29, 0.717) is 18.7 Å². The minimum absolute atomic E-state index is 0.0164. The molecule has 1 aliphatic heterocycles. The van der Waals surface area contributed by atoms with Crippen LogP contribution in [0.25, 0.3) is 0 Å². The normalized spacial score (nSPS) is 14.8. The zero-order valence-corrected chi connectivity index (χ0v) is 16.5. The Balaban J connectivity index is 1.65. The number of carbonyl (C=O) groups excluding carboxylic acids is 1. The molecule has 0 unspecified atom stereocenters. The number of hydrogen-bond acceptors (Lipinski definition) is 5. The Bertz CT molecular complexity index is 972. The van der Waals surface area contributed by atoms with Gasteiger partial charge in [0.15, 0.2) is 0 Å². The van der Waals surface area contributed by atoms with E-state index in [-0.39, 0.29) is 17.3 Å². The van der Waals surface area contributed by atoms with Crippen molar-refractivity contribution in [2.24, 2.45) is 4.40 Å². The number of aliphatic hydroxyl groups excluding tert-OH is 1. The Morgan fingerprint density at radius 2 is 1.85 bits per heavy atom. The van der Waals surface area contributed by atoms with Crippen LogP contribution in [0, 0.1) is 3.57 Å². The standard InChI is InChI=1S/C17H16IN3O4S/c18-13-5-6-14-15(9-13)26(24,25)21-16(20-14)17(23)19-8-7-11-1-3-12(10-22)4-2-11/h1-6,9,22H,7-8,10H2,(H,19,23)(H,20,21). The highest BCUT2D eigenvalue weighted by Crippen LogP contribution is 2.28. The van der Waals surface area contributed by atoms with Crippen LogP contribution < -0.4 is 10.6 Å². The fraction of sp³-hybridized carbons (Fsp3) is 0.176. The van der Waals surface area contributed by atoms with Crippen molar-refractivity contribution in [3.63, 3.8) is 0 Å². The van der Waals surface area contributed by atoms with Gasteiger partial charge in [-0.05, 0) is 58.3 Å². The molecule has 0 aliphatic carbocycles. The van der Waals surface area contributed by atoms with Crippen molar-refractivity contribution >= 4 is 50.0 Å². The number of carbonyl (C=O) groups is 1.